The van der Waals surface area contributed by atoms with Crippen LogP contribution in [0.15, 0.2) is 61.4 Å². The third-order valence-corrected chi connectivity index (χ3v) is 6.79. The van der Waals surface area contributed by atoms with E-state index in [4.69, 9.17) is 10.5 Å². The summed E-state index contributed by atoms with van der Waals surface area (Å²) in [6.07, 6.45) is 3.98. The number of nitriles is 1. The van der Waals surface area contributed by atoms with Crippen LogP contribution in [0, 0.1) is 36.8 Å². The first kappa shape index (κ1) is 27.9. The van der Waals surface area contributed by atoms with Gasteiger partial charge in [-0.2, -0.15) is 5.26 Å². The van der Waals surface area contributed by atoms with Crippen molar-refractivity contribution in [2.75, 3.05) is 5.73 Å². The molecule has 3 N–H and O–H groups in total. The minimum atomic E-state index is -0.714. The summed E-state index contributed by atoms with van der Waals surface area (Å²) in [5.41, 5.74) is 10.0. The highest BCUT2D eigenvalue weighted by atomic mass is 19.1. The number of rotatable bonds is 7. The molecule has 11 heteroatoms. The molecule has 1 amide bonds. The lowest BCUT2D eigenvalue weighted by molar-refractivity contribution is -0.116. The highest BCUT2D eigenvalue weighted by Gasteiger charge is 2.27. The Morgan fingerprint density at radius 1 is 1.17 bits per heavy atom. The Balaban J connectivity index is 1.72. The van der Waals surface area contributed by atoms with E-state index in [1.165, 1.54) is 30.6 Å². The summed E-state index contributed by atoms with van der Waals surface area (Å²) in [6.45, 7) is 7.00. The molecule has 0 aliphatic rings. The number of fused-ring (bicyclic) bond motifs is 1. The fraction of sp³-hybridized carbons (Fsp3) is 0.129. The highest BCUT2D eigenvalue weighted by molar-refractivity contribution is 6.11. The molecule has 0 saturated heterocycles. The van der Waals surface area contributed by atoms with Gasteiger partial charge in [0.15, 0.2) is 11.6 Å². The molecular weight excluding hydrogens is 540 g/mol. The van der Waals surface area contributed by atoms with Crippen molar-refractivity contribution in [3.63, 3.8) is 0 Å². The quantitative estimate of drug-likeness (QED) is 0.244. The molecule has 9 nitrogen and oxygen atoms in total. The van der Waals surface area contributed by atoms with Crippen LogP contribution < -0.4 is 15.8 Å². The van der Waals surface area contributed by atoms with Crippen LogP contribution in [-0.2, 0) is 18.4 Å². The zero-order chi connectivity index (χ0) is 30.1. The van der Waals surface area contributed by atoms with Crippen LogP contribution >= 0.6 is 0 Å². The number of nitrogens with one attached hydrogen (secondary N) is 1. The Morgan fingerprint density at radius 2 is 1.95 bits per heavy atom. The Labute approximate surface area is 239 Å². The molecule has 5 aromatic rings. The molecule has 0 aliphatic carbocycles. The van der Waals surface area contributed by atoms with Crippen molar-refractivity contribution >= 4 is 22.6 Å². The Bertz CT molecular complexity index is 1920. The van der Waals surface area contributed by atoms with Crippen LogP contribution in [0.1, 0.15) is 22.4 Å². The van der Waals surface area contributed by atoms with Crippen molar-refractivity contribution in [1.29, 1.82) is 5.26 Å². The van der Waals surface area contributed by atoms with Crippen LogP contribution in [-0.4, -0.2) is 25.4 Å². The van der Waals surface area contributed by atoms with Gasteiger partial charge >= 0.3 is 6.01 Å². The molecular formula is C31H25F2N7O2. The molecule has 0 unspecified atom stereocenters. The van der Waals surface area contributed by atoms with E-state index in [-0.39, 0.29) is 41.2 Å². The van der Waals surface area contributed by atoms with E-state index >= 15 is 8.78 Å². The molecule has 3 heterocycles. The molecule has 0 fully saturated rings. The minimum absolute atomic E-state index is 0.0123. The maximum atomic E-state index is 15.9. The minimum Gasteiger partial charge on any atom is -0.421 e. The summed E-state index contributed by atoms with van der Waals surface area (Å²) in [5, 5.41) is 12.9. The van der Waals surface area contributed by atoms with Crippen molar-refractivity contribution in [1.82, 2.24) is 24.8 Å². The molecule has 0 bridgehead atoms. The maximum absolute atomic E-state index is 15.9. The molecule has 0 atom stereocenters. The van der Waals surface area contributed by atoms with Gasteiger partial charge in [0.05, 0.1) is 22.2 Å². The lowest BCUT2D eigenvalue weighted by atomic mass is 9.94. The summed E-state index contributed by atoms with van der Waals surface area (Å²) in [4.78, 5) is 24.0. The van der Waals surface area contributed by atoms with Crippen LogP contribution in [0.5, 0.6) is 11.8 Å². The van der Waals surface area contributed by atoms with E-state index in [2.05, 4.69) is 32.9 Å². The number of halogens is 2. The van der Waals surface area contributed by atoms with Gasteiger partial charge in [-0.05, 0) is 60.9 Å². The van der Waals surface area contributed by atoms with Crippen LogP contribution in [0.4, 0.5) is 14.6 Å². The monoisotopic (exact) mass is 565 g/mol. The summed E-state index contributed by atoms with van der Waals surface area (Å²) in [7, 11) is 1.68. The number of ether oxygens (including phenoxy) is 1. The topological polar surface area (TPSA) is 132 Å². The van der Waals surface area contributed by atoms with Crippen LogP contribution in [0.3, 0.4) is 0 Å². The number of amides is 1. The number of hydrogen-bond donors (Lipinski definition) is 2. The fourth-order valence-electron chi connectivity index (χ4n) is 4.96. The molecule has 2 aromatic carbocycles. The molecule has 0 aliphatic heterocycles. The number of nitrogens with zero attached hydrogens (tertiary/aromatic N) is 5. The number of aromatic nitrogens is 4. The number of nitrogens with two attached hydrogens (primary N) is 1. The predicted octanol–water partition coefficient (Wildman–Crippen LogP) is 5.64. The fourth-order valence-corrected chi connectivity index (χ4v) is 4.96. The second-order valence-electron chi connectivity index (χ2n) is 9.59. The van der Waals surface area contributed by atoms with E-state index in [9.17, 15) is 10.1 Å². The Hall–Kier alpha value is -5.63. The number of carbonyl (C=O) groups is 1. The first-order chi connectivity index (χ1) is 20.1. The first-order valence-corrected chi connectivity index (χ1v) is 12.8. The average molecular weight is 566 g/mol. The van der Waals surface area contributed by atoms with E-state index < -0.39 is 11.6 Å². The molecule has 5 rings (SSSR count). The van der Waals surface area contributed by atoms with Gasteiger partial charge in [-0.25, -0.2) is 23.7 Å². The van der Waals surface area contributed by atoms with Crippen molar-refractivity contribution in [2.24, 2.45) is 7.05 Å². The Kier molecular flexibility index (Phi) is 7.37. The SMILES string of the molecule is C=CC(=O)NCc1cc(C)c(-c2c(-c3ccc(Oc4nccc(C)n4)c(F)c3)c3c(N)ncc(C#N)c3n2C)c(F)c1. The molecule has 210 valence electrons. The van der Waals surface area contributed by atoms with Crippen molar-refractivity contribution in [3.05, 3.63) is 95.5 Å². The van der Waals surface area contributed by atoms with Gasteiger partial charge in [0.1, 0.15) is 17.7 Å². The van der Waals surface area contributed by atoms with Gasteiger partial charge in [0.2, 0.25) is 5.91 Å². The molecule has 0 radical (unpaired) electrons. The summed E-state index contributed by atoms with van der Waals surface area (Å²) in [5.74, 6) is -1.69. The summed E-state index contributed by atoms with van der Waals surface area (Å²) >= 11 is 0. The number of aryl methyl sites for hydroxylation is 3. The predicted molar refractivity (Wildman–Crippen MR) is 154 cm³/mol. The van der Waals surface area contributed by atoms with Crippen LogP contribution in [0.2, 0.25) is 0 Å². The van der Waals surface area contributed by atoms with Crippen molar-refractivity contribution < 1.29 is 18.3 Å². The van der Waals surface area contributed by atoms with E-state index in [0.29, 0.717) is 44.5 Å². The highest BCUT2D eigenvalue weighted by Crippen LogP contribution is 2.45. The smallest absolute Gasteiger partial charge is 0.322 e. The third-order valence-electron chi connectivity index (χ3n) is 6.79. The Morgan fingerprint density at radius 3 is 2.62 bits per heavy atom. The van der Waals surface area contributed by atoms with Crippen molar-refractivity contribution in [3.8, 4) is 40.2 Å². The maximum Gasteiger partial charge on any atom is 0.322 e. The van der Waals surface area contributed by atoms with Crippen molar-refractivity contribution in [2.45, 2.75) is 20.4 Å². The zero-order valence-electron chi connectivity index (χ0n) is 23.0. The number of pyridine rings is 1. The molecule has 42 heavy (non-hydrogen) atoms. The van der Waals surface area contributed by atoms with Gasteiger partial charge in [-0.15, -0.1) is 0 Å². The lowest BCUT2D eigenvalue weighted by Crippen LogP contribution is -2.20. The summed E-state index contributed by atoms with van der Waals surface area (Å²) in [6, 6.07) is 11.1. The van der Waals surface area contributed by atoms with Gasteiger partial charge < -0.3 is 20.4 Å². The van der Waals surface area contributed by atoms with Gasteiger partial charge in [0.25, 0.3) is 0 Å². The normalized spacial score (nSPS) is 10.9. The van der Waals surface area contributed by atoms with E-state index in [0.717, 1.165) is 6.08 Å². The van der Waals surface area contributed by atoms with E-state index in [1.54, 1.807) is 43.7 Å². The molecule has 3 aromatic heterocycles. The van der Waals surface area contributed by atoms with Gasteiger partial charge in [-0.1, -0.05) is 18.7 Å². The van der Waals surface area contributed by atoms with Crippen LogP contribution in [0.25, 0.3) is 33.3 Å². The number of nitrogen functional groups attached to an aromatic ring is 1. The largest absolute Gasteiger partial charge is 0.421 e. The number of hydrogen-bond acceptors (Lipinski definition) is 7. The second kappa shape index (κ2) is 11.1. The van der Waals surface area contributed by atoms with Gasteiger partial charge in [0, 0.05) is 42.8 Å². The number of carbonyl (C=O) groups excluding carboxylic acids is 1. The molecule has 0 spiro atoms. The second-order valence-corrected chi connectivity index (χ2v) is 9.59. The zero-order valence-corrected chi connectivity index (χ0v) is 23.0. The number of anilines is 1. The summed E-state index contributed by atoms with van der Waals surface area (Å²) < 4.78 is 38.7. The first-order valence-electron chi connectivity index (χ1n) is 12.8. The number of benzene rings is 2. The third kappa shape index (κ3) is 5.01. The average Bonchev–Trinajstić information content (AvgIpc) is 3.26. The van der Waals surface area contributed by atoms with Gasteiger partial charge in [-0.3, -0.25) is 4.79 Å². The van der Waals surface area contributed by atoms with E-state index in [1.807, 2.05) is 0 Å². The standard InChI is InChI=1S/C31H25F2N7O2/c1-5-24(41)37-14-18-10-16(2)25(22(33)11-18)29-26(27-28(40(29)4)20(13-34)15-38-30(27)35)19-6-7-23(21(32)12-19)42-31-36-9-8-17(3)39-31/h5-12,15H,1,14H2,2-4H3,(H2,35,38)(H,37,41). The molecule has 0 saturated carbocycles. The lowest BCUT2D eigenvalue weighted by Gasteiger charge is -2.15.